The van der Waals surface area contributed by atoms with Gasteiger partial charge in [0, 0.05) is 27.6 Å². The van der Waals surface area contributed by atoms with Crippen molar-refractivity contribution in [1.29, 1.82) is 0 Å². The smallest absolute Gasteiger partial charge is 0.343 e. The predicted molar refractivity (Wildman–Crippen MR) is 170 cm³/mol. The summed E-state index contributed by atoms with van der Waals surface area (Å²) in [5.41, 5.74) is 6.59. The van der Waals surface area contributed by atoms with Crippen LogP contribution in [-0.4, -0.2) is 81.9 Å². The number of esters is 2. The van der Waals surface area contributed by atoms with Crippen LogP contribution in [0.5, 0.6) is 5.75 Å². The van der Waals surface area contributed by atoms with Crippen LogP contribution in [0.1, 0.15) is 38.7 Å². The first kappa shape index (κ1) is 36.7. The summed E-state index contributed by atoms with van der Waals surface area (Å²) in [6.07, 6.45) is 1.63. The number of nitrogens with two attached hydrogens (primary N) is 1. The topological polar surface area (TPSA) is 146 Å². The zero-order valence-corrected chi connectivity index (χ0v) is 28.0. The van der Waals surface area contributed by atoms with E-state index >= 15 is 0 Å². The maximum absolute atomic E-state index is 13.5. The zero-order valence-electron chi connectivity index (χ0n) is 27.0. The van der Waals surface area contributed by atoms with Gasteiger partial charge in [0.2, 0.25) is 11.8 Å². The Kier molecular flexibility index (Phi) is 14.3. The second-order valence-electron chi connectivity index (χ2n) is 12.6. The van der Waals surface area contributed by atoms with E-state index in [1.54, 1.807) is 31.4 Å². The van der Waals surface area contributed by atoms with Crippen LogP contribution in [-0.2, 0) is 39.8 Å². The van der Waals surface area contributed by atoms with Crippen LogP contribution in [0.15, 0.2) is 48.8 Å². The molecule has 1 aromatic carbocycles. The molecule has 11 nitrogen and oxygen atoms in total. The summed E-state index contributed by atoms with van der Waals surface area (Å²) < 4.78 is 21.1. The molecule has 2 rings (SSSR count). The first-order valence-corrected chi connectivity index (χ1v) is 18.7. The van der Waals surface area contributed by atoms with E-state index < -0.39 is 44.0 Å². The number of carbonyl (C=O) groups excluding carboxylic acids is 4. The number of hydrogen-bond donors (Lipinski definition) is 2. The molecule has 0 aromatic heterocycles. The molecule has 44 heavy (non-hydrogen) atoms. The summed E-state index contributed by atoms with van der Waals surface area (Å²) >= 11 is 0. The fraction of sp³-hybridized carbons (Fsp3) is 0.562. The molecule has 1 aliphatic heterocycles. The molecule has 0 spiro atoms. The lowest BCUT2D eigenvalue weighted by atomic mass is 10.0. The van der Waals surface area contributed by atoms with Gasteiger partial charge in [-0.25, -0.2) is 9.59 Å². The van der Waals surface area contributed by atoms with Gasteiger partial charge in [-0.3, -0.25) is 9.59 Å². The van der Waals surface area contributed by atoms with Gasteiger partial charge in [-0.15, -0.1) is 0 Å². The quantitative estimate of drug-likeness (QED) is 0.0501. The molecule has 1 fully saturated rings. The van der Waals surface area contributed by atoms with Crippen molar-refractivity contribution in [3.8, 4) is 5.75 Å². The van der Waals surface area contributed by atoms with Crippen molar-refractivity contribution in [1.82, 2.24) is 10.2 Å². The maximum atomic E-state index is 13.5. The predicted octanol–water partition coefficient (Wildman–Crippen LogP) is 3.56. The Hall–Kier alpha value is -3.48. The van der Waals surface area contributed by atoms with Crippen molar-refractivity contribution >= 4 is 31.8 Å². The lowest BCUT2D eigenvalue weighted by Crippen LogP contribution is -2.54. The summed E-state index contributed by atoms with van der Waals surface area (Å²) in [4.78, 5) is 53.8. The van der Waals surface area contributed by atoms with Gasteiger partial charge in [0.15, 0.2) is 6.79 Å². The third kappa shape index (κ3) is 11.9. The standard InChI is InChI=1S/C32H49N3O8Si/c1-21(2)18-26(33)30(37)35-15-9-10-28(35)29(36)34-27(19-24-11-13-25(40-5)14-12-24)32(39)43-23(4)22(3)31(38)42-20-41-16-17-44(6,7)8/h11-14,21,26-28H,3-4,9-10,15-20,33H2,1-2,5-8H3,(H,34,36)/t26-,27-,28-/m0/s1. The summed E-state index contributed by atoms with van der Waals surface area (Å²) in [6, 6.07) is 5.23. The Morgan fingerprint density at radius 2 is 1.77 bits per heavy atom. The third-order valence-electron chi connectivity index (χ3n) is 7.16. The average molecular weight is 632 g/mol. The molecule has 244 valence electrons. The normalized spacial score (nSPS) is 16.2. The highest BCUT2D eigenvalue weighted by Crippen LogP contribution is 2.21. The molecule has 3 N–H and O–H groups in total. The molecule has 0 aliphatic carbocycles. The highest BCUT2D eigenvalue weighted by molar-refractivity contribution is 6.76. The van der Waals surface area contributed by atoms with E-state index in [1.807, 2.05) is 13.8 Å². The van der Waals surface area contributed by atoms with Gasteiger partial charge in [0.1, 0.15) is 23.6 Å². The number of benzene rings is 1. The van der Waals surface area contributed by atoms with Crippen LogP contribution in [0.25, 0.3) is 0 Å². The van der Waals surface area contributed by atoms with Gasteiger partial charge in [-0.1, -0.05) is 58.8 Å². The number of methoxy groups -OCH3 is 1. The van der Waals surface area contributed by atoms with Gasteiger partial charge in [0.05, 0.1) is 18.7 Å². The molecule has 1 heterocycles. The number of carbonyl (C=O) groups is 4. The monoisotopic (exact) mass is 631 g/mol. The van der Waals surface area contributed by atoms with Crippen molar-refractivity contribution in [2.45, 2.75) is 83.3 Å². The van der Waals surface area contributed by atoms with Crippen molar-refractivity contribution in [2.75, 3.05) is 27.1 Å². The Morgan fingerprint density at radius 1 is 1.11 bits per heavy atom. The van der Waals surface area contributed by atoms with Gasteiger partial charge in [0.25, 0.3) is 0 Å². The molecule has 12 heteroatoms. The number of ether oxygens (including phenoxy) is 4. The maximum Gasteiger partial charge on any atom is 0.343 e. The molecule has 0 unspecified atom stereocenters. The molecule has 1 aliphatic rings. The number of amides is 2. The average Bonchev–Trinajstić information content (AvgIpc) is 3.45. The van der Waals surface area contributed by atoms with E-state index in [0.717, 1.165) is 6.04 Å². The van der Waals surface area contributed by atoms with E-state index in [-0.39, 0.29) is 36.4 Å². The summed E-state index contributed by atoms with van der Waals surface area (Å²) in [5.74, 6) is -1.96. The Bertz CT molecular complexity index is 1180. The third-order valence-corrected chi connectivity index (χ3v) is 8.86. The molecule has 2 amide bonds. The van der Waals surface area contributed by atoms with Gasteiger partial charge in [-0.2, -0.15) is 0 Å². The van der Waals surface area contributed by atoms with E-state index in [4.69, 9.17) is 24.7 Å². The number of nitrogens with one attached hydrogen (secondary N) is 1. The van der Waals surface area contributed by atoms with E-state index in [0.29, 0.717) is 43.7 Å². The highest BCUT2D eigenvalue weighted by Gasteiger charge is 2.38. The fourth-order valence-electron chi connectivity index (χ4n) is 4.57. The zero-order chi connectivity index (χ0) is 33.0. The van der Waals surface area contributed by atoms with E-state index in [1.165, 1.54) is 4.90 Å². The minimum absolute atomic E-state index is 0.0667. The van der Waals surface area contributed by atoms with Gasteiger partial charge < -0.3 is 34.9 Å². The van der Waals surface area contributed by atoms with Crippen molar-refractivity contribution in [3.63, 3.8) is 0 Å². The molecule has 0 bridgehead atoms. The highest BCUT2D eigenvalue weighted by atomic mass is 28.3. The number of rotatable bonds is 17. The van der Waals surface area contributed by atoms with Crippen LogP contribution < -0.4 is 15.8 Å². The van der Waals surface area contributed by atoms with Crippen LogP contribution in [0.4, 0.5) is 0 Å². The number of likely N-dealkylation sites (tertiary alicyclic amines) is 1. The van der Waals surface area contributed by atoms with Crippen molar-refractivity contribution < 1.29 is 38.1 Å². The molecule has 1 aromatic rings. The Morgan fingerprint density at radius 3 is 2.36 bits per heavy atom. The largest absolute Gasteiger partial charge is 0.497 e. The van der Waals surface area contributed by atoms with Gasteiger partial charge in [-0.05, 0) is 48.9 Å². The summed E-state index contributed by atoms with van der Waals surface area (Å²) in [7, 11) is 0.248. The van der Waals surface area contributed by atoms with E-state index in [9.17, 15) is 19.2 Å². The van der Waals surface area contributed by atoms with Crippen LogP contribution >= 0.6 is 0 Å². The lowest BCUT2D eigenvalue weighted by molar-refractivity contribution is -0.151. The molecule has 3 atom stereocenters. The minimum atomic E-state index is -1.29. The summed E-state index contributed by atoms with van der Waals surface area (Å²) in [6.45, 7) is 18.5. The van der Waals surface area contributed by atoms with Crippen LogP contribution in [0.2, 0.25) is 25.7 Å². The van der Waals surface area contributed by atoms with E-state index in [2.05, 4.69) is 38.1 Å². The molecular weight excluding hydrogens is 582 g/mol. The van der Waals surface area contributed by atoms with Gasteiger partial charge >= 0.3 is 11.9 Å². The second kappa shape index (κ2) is 17.1. The fourth-order valence-corrected chi connectivity index (χ4v) is 5.33. The van der Waals surface area contributed by atoms with Crippen molar-refractivity contribution in [3.05, 3.63) is 54.3 Å². The second-order valence-corrected chi connectivity index (χ2v) is 18.3. The summed E-state index contributed by atoms with van der Waals surface area (Å²) in [5, 5.41) is 2.75. The lowest BCUT2D eigenvalue weighted by Gasteiger charge is -2.28. The minimum Gasteiger partial charge on any atom is -0.497 e. The number of hydrogen-bond acceptors (Lipinski definition) is 9. The SMILES string of the molecule is C=C(OC(=O)[C@H](Cc1ccc(OC)cc1)NC(=O)[C@@H]1CCCN1C(=O)[C@@H](N)CC(C)C)C(=C)C(=O)OCOCC[Si](C)(C)C. The number of nitrogens with zero attached hydrogens (tertiary/aromatic N) is 1. The van der Waals surface area contributed by atoms with Crippen molar-refractivity contribution in [2.24, 2.45) is 11.7 Å². The Labute approximate surface area is 262 Å². The molecule has 1 saturated heterocycles. The first-order chi connectivity index (χ1) is 20.6. The van der Waals surface area contributed by atoms with Crippen LogP contribution in [0.3, 0.4) is 0 Å². The molecular formula is C32H49N3O8Si. The first-order valence-electron chi connectivity index (χ1n) is 15.0. The van der Waals surface area contributed by atoms with Crippen LogP contribution in [0, 0.1) is 5.92 Å². The molecule has 0 radical (unpaired) electrons. The Balaban J connectivity index is 2.10. The molecule has 0 saturated carbocycles.